The van der Waals surface area contributed by atoms with Crippen molar-refractivity contribution in [3.05, 3.63) is 48.0 Å². The van der Waals surface area contributed by atoms with Crippen LogP contribution in [0.25, 0.3) is 0 Å². The first kappa shape index (κ1) is 14.1. The number of anilines is 1. The Morgan fingerprint density at radius 2 is 1.60 bits per heavy atom. The van der Waals surface area contributed by atoms with Gasteiger partial charge in [-0.05, 0) is 24.3 Å². The Kier molecular flexibility index (Phi) is 4.71. The first-order valence-electron chi connectivity index (χ1n) is 6.35. The first-order chi connectivity index (χ1) is 9.76. The van der Waals surface area contributed by atoms with Gasteiger partial charge in [-0.3, -0.25) is 0 Å². The van der Waals surface area contributed by atoms with Crippen LogP contribution >= 0.6 is 0 Å². The maximum absolute atomic E-state index is 5.38. The molecular formula is C16H19NO3. The SMILES string of the molecule is COc1cccc(NCc2ccc(OC)cc2OC)c1. The molecule has 0 saturated carbocycles. The summed E-state index contributed by atoms with van der Waals surface area (Å²) < 4.78 is 15.8. The summed E-state index contributed by atoms with van der Waals surface area (Å²) in [5.41, 5.74) is 2.07. The molecule has 0 bridgehead atoms. The highest BCUT2D eigenvalue weighted by atomic mass is 16.5. The summed E-state index contributed by atoms with van der Waals surface area (Å²) in [5, 5.41) is 3.35. The average Bonchev–Trinajstić information content (AvgIpc) is 2.52. The fraction of sp³-hybridized carbons (Fsp3) is 0.250. The topological polar surface area (TPSA) is 39.7 Å². The Bertz CT molecular complexity index is 569. The van der Waals surface area contributed by atoms with Crippen LogP contribution in [-0.4, -0.2) is 21.3 Å². The Labute approximate surface area is 119 Å². The van der Waals surface area contributed by atoms with Crippen LogP contribution in [-0.2, 0) is 6.54 Å². The summed E-state index contributed by atoms with van der Waals surface area (Å²) in [7, 11) is 4.96. The second kappa shape index (κ2) is 6.70. The summed E-state index contributed by atoms with van der Waals surface area (Å²) in [5.74, 6) is 2.42. The molecule has 4 heteroatoms. The Morgan fingerprint density at radius 3 is 2.30 bits per heavy atom. The van der Waals surface area contributed by atoms with Gasteiger partial charge in [-0.1, -0.05) is 6.07 Å². The molecular weight excluding hydrogens is 254 g/mol. The largest absolute Gasteiger partial charge is 0.497 e. The number of rotatable bonds is 6. The monoisotopic (exact) mass is 273 g/mol. The molecule has 0 unspecified atom stereocenters. The van der Waals surface area contributed by atoms with E-state index in [4.69, 9.17) is 14.2 Å². The third-order valence-electron chi connectivity index (χ3n) is 3.05. The molecule has 0 aromatic heterocycles. The molecule has 2 rings (SSSR count). The summed E-state index contributed by atoms with van der Waals surface area (Å²) in [4.78, 5) is 0. The molecule has 2 aromatic rings. The van der Waals surface area contributed by atoms with Crippen LogP contribution in [0.15, 0.2) is 42.5 Å². The maximum Gasteiger partial charge on any atom is 0.127 e. The summed E-state index contributed by atoms with van der Waals surface area (Å²) >= 11 is 0. The normalized spacial score (nSPS) is 9.95. The van der Waals surface area contributed by atoms with Crippen molar-refractivity contribution < 1.29 is 14.2 Å². The fourth-order valence-corrected chi connectivity index (χ4v) is 1.93. The van der Waals surface area contributed by atoms with Crippen molar-refractivity contribution in [2.75, 3.05) is 26.6 Å². The molecule has 20 heavy (non-hydrogen) atoms. The second-order valence-electron chi connectivity index (χ2n) is 4.26. The highest BCUT2D eigenvalue weighted by molar-refractivity contribution is 5.50. The molecule has 2 aromatic carbocycles. The van der Waals surface area contributed by atoms with Crippen molar-refractivity contribution >= 4 is 5.69 Å². The molecule has 0 fully saturated rings. The number of ether oxygens (including phenoxy) is 3. The molecule has 0 saturated heterocycles. The molecule has 0 aliphatic rings. The van der Waals surface area contributed by atoms with Gasteiger partial charge in [0.25, 0.3) is 0 Å². The fourth-order valence-electron chi connectivity index (χ4n) is 1.93. The van der Waals surface area contributed by atoms with Gasteiger partial charge in [0, 0.05) is 29.9 Å². The number of nitrogens with one attached hydrogen (secondary N) is 1. The summed E-state index contributed by atoms with van der Waals surface area (Å²) in [6, 6.07) is 13.6. The van der Waals surface area contributed by atoms with Crippen LogP contribution in [0.1, 0.15) is 5.56 Å². The average molecular weight is 273 g/mol. The number of benzene rings is 2. The standard InChI is InChI=1S/C16H19NO3/c1-18-14-6-4-5-13(9-14)17-11-12-7-8-15(19-2)10-16(12)20-3/h4-10,17H,11H2,1-3H3. The molecule has 0 amide bonds. The van der Waals surface area contributed by atoms with E-state index in [0.717, 1.165) is 28.5 Å². The van der Waals surface area contributed by atoms with E-state index >= 15 is 0 Å². The van der Waals surface area contributed by atoms with Crippen molar-refractivity contribution in [2.24, 2.45) is 0 Å². The maximum atomic E-state index is 5.38. The first-order valence-corrected chi connectivity index (χ1v) is 6.35. The van der Waals surface area contributed by atoms with Gasteiger partial charge < -0.3 is 19.5 Å². The predicted molar refractivity (Wildman–Crippen MR) is 79.9 cm³/mol. The van der Waals surface area contributed by atoms with Gasteiger partial charge in [0.05, 0.1) is 21.3 Å². The minimum Gasteiger partial charge on any atom is -0.497 e. The number of hydrogen-bond acceptors (Lipinski definition) is 4. The van der Waals surface area contributed by atoms with Crippen LogP contribution in [0.2, 0.25) is 0 Å². The van der Waals surface area contributed by atoms with Crippen molar-refractivity contribution in [3.63, 3.8) is 0 Å². The zero-order valence-corrected chi connectivity index (χ0v) is 12.0. The lowest BCUT2D eigenvalue weighted by molar-refractivity contribution is 0.391. The van der Waals surface area contributed by atoms with Crippen LogP contribution < -0.4 is 19.5 Å². The van der Waals surface area contributed by atoms with E-state index in [9.17, 15) is 0 Å². The molecule has 4 nitrogen and oxygen atoms in total. The van der Waals surface area contributed by atoms with Gasteiger partial charge in [0.1, 0.15) is 17.2 Å². The van der Waals surface area contributed by atoms with E-state index in [1.165, 1.54) is 0 Å². The molecule has 0 radical (unpaired) electrons. The highest BCUT2D eigenvalue weighted by Crippen LogP contribution is 2.25. The Morgan fingerprint density at radius 1 is 0.850 bits per heavy atom. The summed E-state index contributed by atoms with van der Waals surface area (Å²) in [6.07, 6.45) is 0. The Hall–Kier alpha value is -2.36. The smallest absolute Gasteiger partial charge is 0.127 e. The van der Waals surface area contributed by atoms with Gasteiger partial charge in [-0.25, -0.2) is 0 Å². The minimum atomic E-state index is 0.667. The van der Waals surface area contributed by atoms with Crippen molar-refractivity contribution in [1.29, 1.82) is 0 Å². The molecule has 106 valence electrons. The lowest BCUT2D eigenvalue weighted by atomic mass is 10.2. The van der Waals surface area contributed by atoms with Crippen LogP contribution in [0, 0.1) is 0 Å². The minimum absolute atomic E-state index is 0.667. The van der Waals surface area contributed by atoms with Crippen LogP contribution in [0.4, 0.5) is 5.69 Å². The van der Waals surface area contributed by atoms with E-state index in [1.807, 2.05) is 42.5 Å². The third-order valence-corrected chi connectivity index (χ3v) is 3.05. The van der Waals surface area contributed by atoms with E-state index in [0.29, 0.717) is 6.54 Å². The van der Waals surface area contributed by atoms with Crippen molar-refractivity contribution in [3.8, 4) is 17.2 Å². The third kappa shape index (κ3) is 3.35. The molecule has 0 atom stereocenters. The highest BCUT2D eigenvalue weighted by Gasteiger charge is 2.05. The summed E-state index contributed by atoms with van der Waals surface area (Å²) in [6.45, 7) is 0.667. The van der Waals surface area contributed by atoms with E-state index in [2.05, 4.69) is 5.32 Å². The second-order valence-corrected chi connectivity index (χ2v) is 4.26. The Balaban J connectivity index is 2.10. The zero-order valence-electron chi connectivity index (χ0n) is 12.0. The lowest BCUT2D eigenvalue weighted by Crippen LogP contribution is -2.02. The zero-order chi connectivity index (χ0) is 14.4. The van der Waals surface area contributed by atoms with Gasteiger partial charge in [-0.15, -0.1) is 0 Å². The van der Waals surface area contributed by atoms with Crippen molar-refractivity contribution in [1.82, 2.24) is 0 Å². The van der Waals surface area contributed by atoms with E-state index < -0.39 is 0 Å². The quantitative estimate of drug-likeness (QED) is 0.876. The predicted octanol–water partition coefficient (Wildman–Crippen LogP) is 3.32. The molecule has 0 aliphatic heterocycles. The molecule has 0 spiro atoms. The van der Waals surface area contributed by atoms with Crippen LogP contribution in [0.5, 0.6) is 17.2 Å². The number of methoxy groups -OCH3 is 3. The van der Waals surface area contributed by atoms with Gasteiger partial charge in [0.2, 0.25) is 0 Å². The molecule has 0 heterocycles. The van der Waals surface area contributed by atoms with Crippen molar-refractivity contribution in [2.45, 2.75) is 6.54 Å². The van der Waals surface area contributed by atoms with Gasteiger partial charge in [-0.2, -0.15) is 0 Å². The molecule has 0 aliphatic carbocycles. The van der Waals surface area contributed by atoms with Gasteiger partial charge >= 0.3 is 0 Å². The number of hydrogen-bond donors (Lipinski definition) is 1. The van der Waals surface area contributed by atoms with E-state index in [1.54, 1.807) is 21.3 Å². The van der Waals surface area contributed by atoms with Gasteiger partial charge in [0.15, 0.2) is 0 Å². The van der Waals surface area contributed by atoms with Crippen LogP contribution in [0.3, 0.4) is 0 Å². The molecule has 1 N–H and O–H groups in total. The lowest BCUT2D eigenvalue weighted by Gasteiger charge is -2.12. The van der Waals surface area contributed by atoms with E-state index in [-0.39, 0.29) is 0 Å².